The number of halogens is 1. The van der Waals surface area contributed by atoms with Gasteiger partial charge >= 0.3 is 0 Å². The van der Waals surface area contributed by atoms with E-state index in [0.29, 0.717) is 5.02 Å². The van der Waals surface area contributed by atoms with Crippen molar-refractivity contribution < 1.29 is 14.7 Å². The van der Waals surface area contributed by atoms with Crippen molar-refractivity contribution in [3.63, 3.8) is 0 Å². The molecular weight excluding hydrogens is 390 g/mol. The number of aryl methyl sites for hydroxylation is 1. The topological polar surface area (TPSA) is 83.4 Å². The zero-order chi connectivity index (χ0) is 20.8. The van der Waals surface area contributed by atoms with Crippen LogP contribution in [0.2, 0.25) is 5.02 Å². The second kappa shape index (κ2) is 9.41. The summed E-state index contributed by atoms with van der Waals surface area (Å²) < 4.78 is 2.07. The Labute approximate surface area is 173 Å². The first kappa shape index (κ1) is 20.6. The van der Waals surface area contributed by atoms with Crippen molar-refractivity contribution in [2.45, 2.75) is 13.5 Å². The van der Waals surface area contributed by atoms with Crippen LogP contribution in [-0.2, 0) is 11.3 Å². The molecule has 0 aliphatic carbocycles. The predicted octanol–water partition coefficient (Wildman–Crippen LogP) is 3.19. The maximum atomic E-state index is 12.7. The highest BCUT2D eigenvalue weighted by Gasteiger charge is 2.17. The molecule has 0 unspecified atom stereocenters. The number of benzene rings is 2. The molecule has 2 amide bonds. The molecular formula is C22H22ClN3O3. The van der Waals surface area contributed by atoms with Gasteiger partial charge in [0.05, 0.1) is 17.2 Å². The molecule has 29 heavy (non-hydrogen) atoms. The van der Waals surface area contributed by atoms with Crippen LogP contribution in [0.15, 0.2) is 60.4 Å². The van der Waals surface area contributed by atoms with E-state index in [9.17, 15) is 9.59 Å². The Morgan fingerprint density at radius 3 is 2.59 bits per heavy atom. The molecule has 2 aromatic carbocycles. The number of para-hydroxylation sites is 1. The Morgan fingerprint density at radius 1 is 1.14 bits per heavy atom. The Kier molecular flexibility index (Phi) is 6.69. The number of carbonyl (C=O) groups excluding carboxylic acids is 2. The van der Waals surface area contributed by atoms with Gasteiger partial charge in [-0.05, 0) is 31.2 Å². The van der Waals surface area contributed by atoms with Crippen molar-refractivity contribution >= 4 is 40.4 Å². The lowest BCUT2D eigenvalue weighted by Gasteiger charge is -2.11. The van der Waals surface area contributed by atoms with E-state index >= 15 is 0 Å². The maximum absolute atomic E-state index is 12.7. The molecule has 0 bridgehead atoms. The molecule has 150 valence electrons. The molecule has 1 aromatic heterocycles. The largest absolute Gasteiger partial charge is 0.395 e. The van der Waals surface area contributed by atoms with Gasteiger partial charge in [-0.25, -0.2) is 0 Å². The molecule has 1 heterocycles. The van der Waals surface area contributed by atoms with Crippen LogP contribution in [0.3, 0.4) is 0 Å². The SMILES string of the molecule is CCn1cc(/C=C(\NC(=O)c2ccccc2Cl)C(=O)NCCO)c2ccccc21. The first-order valence-corrected chi connectivity index (χ1v) is 9.67. The first-order valence-electron chi connectivity index (χ1n) is 9.29. The summed E-state index contributed by atoms with van der Waals surface area (Å²) in [6.45, 7) is 2.68. The number of aliphatic hydroxyl groups excluding tert-OH is 1. The second-order valence-corrected chi connectivity index (χ2v) is 6.77. The standard InChI is InChI=1S/C22H22ClN3O3/c1-2-26-14-15(16-7-4-6-10-20(16)26)13-19(22(29)24-11-12-27)25-21(28)17-8-3-5-9-18(17)23/h3-10,13-14,27H,2,11-12H2,1H3,(H,24,29)(H,25,28)/b19-13-. The Morgan fingerprint density at radius 2 is 1.86 bits per heavy atom. The number of carbonyl (C=O) groups is 2. The van der Waals surface area contributed by atoms with Gasteiger partial charge in [-0.1, -0.05) is 41.9 Å². The molecule has 0 aliphatic rings. The zero-order valence-electron chi connectivity index (χ0n) is 16.0. The third kappa shape index (κ3) is 4.67. The van der Waals surface area contributed by atoms with E-state index < -0.39 is 11.8 Å². The minimum absolute atomic E-state index is 0.0716. The van der Waals surface area contributed by atoms with E-state index in [0.717, 1.165) is 23.0 Å². The number of fused-ring (bicyclic) bond motifs is 1. The van der Waals surface area contributed by atoms with E-state index in [1.165, 1.54) is 0 Å². The molecule has 0 saturated heterocycles. The first-order chi connectivity index (χ1) is 14.0. The average Bonchev–Trinajstić information content (AvgIpc) is 3.09. The van der Waals surface area contributed by atoms with Crippen molar-refractivity contribution in [1.29, 1.82) is 0 Å². The number of nitrogens with zero attached hydrogens (tertiary/aromatic N) is 1. The van der Waals surface area contributed by atoms with Gasteiger partial charge in [-0.3, -0.25) is 9.59 Å². The number of aliphatic hydroxyl groups is 1. The number of hydrogen-bond donors (Lipinski definition) is 3. The van der Waals surface area contributed by atoms with Gasteiger partial charge in [0.2, 0.25) is 0 Å². The molecule has 0 aliphatic heterocycles. The average molecular weight is 412 g/mol. The molecule has 0 saturated carbocycles. The van der Waals surface area contributed by atoms with Gasteiger partial charge in [-0.15, -0.1) is 0 Å². The highest BCUT2D eigenvalue weighted by Crippen LogP contribution is 2.23. The molecule has 7 heteroatoms. The molecule has 0 radical (unpaired) electrons. The smallest absolute Gasteiger partial charge is 0.267 e. The number of hydrogen-bond acceptors (Lipinski definition) is 3. The van der Waals surface area contributed by atoms with Crippen LogP contribution < -0.4 is 10.6 Å². The van der Waals surface area contributed by atoms with E-state index in [1.807, 2.05) is 37.4 Å². The fourth-order valence-corrected chi connectivity index (χ4v) is 3.29. The van der Waals surface area contributed by atoms with Crippen LogP contribution in [0, 0.1) is 0 Å². The van der Waals surface area contributed by atoms with E-state index in [4.69, 9.17) is 16.7 Å². The third-order valence-electron chi connectivity index (χ3n) is 4.47. The Balaban J connectivity index is 2.01. The van der Waals surface area contributed by atoms with Crippen LogP contribution in [0.5, 0.6) is 0 Å². The Bertz CT molecular complexity index is 1070. The van der Waals surface area contributed by atoms with Crippen molar-refractivity contribution in [3.8, 4) is 0 Å². The summed E-state index contributed by atoms with van der Waals surface area (Å²) in [5.41, 5.74) is 2.18. The highest BCUT2D eigenvalue weighted by atomic mass is 35.5. The third-order valence-corrected chi connectivity index (χ3v) is 4.80. The van der Waals surface area contributed by atoms with Crippen molar-refractivity contribution in [2.24, 2.45) is 0 Å². The van der Waals surface area contributed by atoms with Crippen LogP contribution in [-0.4, -0.2) is 34.6 Å². The van der Waals surface area contributed by atoms with Crippen molar-refractivity contribution in [1.82, 2.24) is 15.2 Å². The zero-order valence-corrected chi connectivity index (χ0v) is 16.7. The van der Waals surface area contributed by atoms with Gasteiger partial charge in [0.1, 0.15) is 5.70 Å². The summed E-state index contributed by atoms with van der Waals surface area (Å²) in [5, 5.41) is 15.5. The summed E-state index contributed by atoms with van der Waals surface area (Å²) in [6, 6.07) is 14.5. The molecule has 3 N–H and O–H groups in total. The van der Waals surface area contributed by atoms with Crippen molar-refractivity contribution in [2.75, 3.05) is 13.2 Å². The van der Waals surface area contributed by atoms with Gasteiger partial charge in [0.15, 0.2) is 0 Å². The normalized spacial score (nSPS) is 11.5. The lowest BCUT2D eigenvalue weighted by molar-refractivity contribution is -0.117. The molecule has 0 atom stereocenters. The predicted molar refractivity (Wildman–Crippen MR) is 115 cm³/mol. The molecule has 3 aromatic rings. The van der Waals surface area contributed by atoms with Crippen molar-refractivity contribution in [3.05, 3.63) is 76.6 Å². The minimum atomic E-state index is -0.493. The molecule has 0 fully saturated rings. The van der Waals surface area contributed by atoms with Crippen LogP contribution in [0.1, 0.15) is 22.8 Å². The van der Waals surface area contributed by atoms with E-state index in [-0.39, 0.29) is 24.4 Å². The monoisotopic (exact) mass is 411 g/mol. The lowest BCUT2D eigenvalue weighted by atomic mass is 10.1. The Hall–Kier alpha value is -3.09. The number of aromatic nitrogens is 1. The van der Waals surface area contributed by atoms with E-state index in [1.54, 1.807) is 30.3 Å². The van der Waals surface area contributed by atoms with Gasteiger partial charge in [0.25, 0.3) is 11.8 Å². The molecule has 3 rings (SSSR count). The fourth-order valence-electron chi connectivity index (χ4n) is 3.07. The number of nitrogens with one attached hydrogen (secondary N) is 2. The summed E-state index contributed by atoms with van der Waals surface area (Å²) in [6.07, 6.45) is 3.57. The second-order valence-electron chi connectivity index (χ2n) is 6.36. The molecule has 6 nitrogen and oxygen atoms in total. The highest BCUT2D eigenvalue weighted by molar-refractivity contribution is 6.34. The van der Waals surface area contributed by atoms with Crippen LogP contribution >= 0.6 is 11.6 Å². The number of rotatable bonds is 7. The molecule has 0 spiro atoms. The van der Waals surface area contributed by atoms with Crippen LogP contribution in [0.25, 0.3) is 17.0 Å². The summed E-state index contributed by atoms with van der Waals surface area (Å²) in [7, 11) is 0. The van der Waals surface area contributed by atoms with Gasteiger partial charge in [-0.2, -0.15) is 0 Å². The minimum Gasteiger partial charge on any atom is -0.395 e. The lowest BCUT2D eigenvalue weighted by Crippen LogP contribution is -2.36. The maximum Gasteiger partial charge on any atom is 0.267 e. The van der Waals surface area contributed by atoms with Gasteiger partial charge < -0.3 is 20.3 Å². The van der Waals surface area contributed by atoms with Crippen LogP contribution in [0.4, 0.5) is 0 Å². The summed E-state index contributed by atoms with van der Waals surface area (Å²) in [5.74, 6) is -0.979. The quantitative estimate of drug-likeness (QED) is 0.522. The van der Waals surface area contributed by atoms with E-state index in [2.05, 4.69) is 15.2 Å². The fraction of sp³-hybridized carbons (Fsp3) is 0.182. The summed E-state index contributed by atoms with van der Waals surface area (Å²) >= 11 is 6.11. The van der Waals surface area contributed by atoms with Gasteiger partial charge in [0, 0.05) is 35.8 Å². The number of amides is 2. The summed E-state index contributed by atoms with van der Waals surface area (Å²) in [4.78, 5) is 25.3.